The van der Waals surface area contributed by atoms with Crippen LogP contribution in [0.4, 0.5) is 0 Å². The summed E-state index contributed by atoms with van der Waals surface area (Å²) in [6, 6.07) is 19.0. The fourth-order valence-corrected chi connectivity index (χ4v) is 2.35. The molecule has 3 heteroatoms. The lowest BCUT2D eigenvalue weighted by Crippen LogP contribution is -2.37. The highest BCUT2D eigenvalue weighted by Gasteiger charge is 2.00. The van der Waals surface area contributed by atoms with E-state index in [0.717, 1.165) is 31.9 Å². The molecule has 0 atom stereocenters. The maximum Gasteiger partial charge on any atom is 0.191 e. The molecule has 0 aliphatic heterocycles. The van der Waals surface area contributed by atoms with Gasteiger partial charge in [-0.05, 0) is 36.5 Å². The normalized spacial score (nSPS) is 11.3. The van der Waals surface area contributed by atoms with Gasteiger partial charge in [-0.2, -0.15) is 0 Å². The lowest BCUT2D eigenvalue weighted by Gasteiger charge is -2.13. The molecule has 0 bridgehead atoms. The van der Waals surface area contributed by atoms with Crippen LogP contribution in [-0.4, -0.2) is 19.6 Å². The van der Waals surface area contributed by atoms with Crippen molar-refractivity contribution in [2.75, 3.05) is 13.6 Å². The average Bonchev–Trinajstić information content (AvgIpc) is 2.56. The molecule has 116 valence electrons. The van der Waals surface area contributed by atoms with Gasteiger partial charge >= 0.3 is 0 Å². The van der Waals surface area contributed by atoms with Gasteiger partial charge in [-0.1, -0.05) is 54.6 Å². The molecule has 0 aromatic heterocycles. The van der Waals surface area contributed by atoms with E-state index in [2.05, 4.69) is 77.1 Å². The van der Waals surface area contributed by atoms with E-state index in [1.54, 1.807) is 0 Å². The van der Waals surface area contributed by atoms with Crippen molar-refractivity contribution in [3.8, 4) is 0 Å². The third-order valence-electron chi connectivity index (χ3n) is 3.71. The van der Waals surface area contributed by atoms with Gasteiger partial charge in [-0.25, -0.2) is 0 Å². The number of benzene rings is 2. The van der Waals surface area contributed by atoms with Crippen LogP contribution in [0.1, 0.15) is 23.1 Å². The fourth-order valence-electron chi connectivity index (χ4n) is 2.35. The molecule has 0 radical (unpaired) electrons. The maximum atomic E-state index is 4.27. The number of nitrogens with one attached hydrogen (secondary N) is 2. The summed E-state index contributed by atoms with van der Waals surface area (Å²) in [5.74, 6) is 0.858. The molecular formula is C19H25N3. The van der Waals surface area contributed by atoms with E-state index < -0.39 is 0 Å². The Morgan fingerprint density at radius 1 is 0.955 bits per heavy atom. The number of rotatable bonds is 6. The van der Waals surface area contributed by atoms with Crippen LogP contribution >= 0.6 is 0 Å². The number of guanidine groups is 1. The van der Waals surface area contributed by atoms with Crippen molar-refractivity contribution in [1.82, 2.24) is 10.6 Å². The summed E-state index contributed by atoms with van der Waals surface area (Å²) in [4.78, 5) is 4.27. The van der Waals surface area contributed by atoms with Crippen LogP contribution in [0, 0.1) is 6.92 Å². The zero-order valence-corrected chi connectivity index (χ0v) is 13.5. The number of hydrogen-bond acceptors (Lipinski definition) is 1. The zero-order chi connectivity index (χ0) is 15.6. The molecule has 2 N–H and O–H groups in total. The standard InChI is InChI=1S/C19H25N3/c1-16-9-6-7-13-18(16)15-22-19(20-2)21-14-8-12-17-10-4-3-5-11-17/h3-7,9-11,13H,8,12,14-15H2,1-2H3,(H2,20,21,22). The second-order valence-corrected chi connectivity index (χ2v) is 5.37. The van der Waals surface area contributed by atoms with E-state index in [1.807, 2.05) is 7.05 Å². The molecule has 0 aliphatic carbocycles. The first-order chi connectivity index (χ1) is 10.8. The van der Waals surface area contributed by atoms with Crippen LogP contribution in [0.2, 0.25) is 0 Å². The quantitative estimate of drug-likeness (QED) is 0.487. The van der Waals surface area contributed by atoms with Gasteiger partial charge in [-0.15, -0.1) is 0 Å². The van der Waals surface area contributed by atoms with Gasteiger partial charge in [0.1, 0.15) is 0 Å². The van der Waals surface area contributed by atoms with Crippen molar-refractivity contribution in [2.24, 2.45) is 4.99 Å². The highest BCUT2D eigenvalue weighted by atomic mass is 15.2. The van der Waals surface area contributed by atoms with Crippen molar-refractivity contribution in [2.45, 2.75) is 26.3 Å². The number of hydrogen-bond donors (Lipinski definition) is 2. The summed E-state index contributed by atoms with van der Waals surface area (Å²) in [7, 11) is 1.81. The van der Waals surface area contributed by atoms with Crippen LogP contribution in [-0.2, 0) is 13.0 Å². The van der Waals surface area contributed by atoms with Gasteiger partial charge in [0.05, 0.1) is 0 Å². The van der Waals surface area contributed by atoms with Crippen molar-refractivity contribution < 1.29 is 0 Å². The van der Waals surface area contributed by atoms with Crippen molar-refractivity contribution in [3.05, 3.63) is 71.3 Å². The van der Waals surface area contributed by atoms with Crippen molar-refractivity contribution >= 4 is 5.96 Å². The van der Waals surface area contributed by atoms with Crippen LogP contribution < -0.4 is 10.6 Å². The highest BCUT2D eigenvalue weighted by molar-refractivity contribution is 5.79. The molecule has 0 amide bonds. The molecule has 0 heterocycles. The summed E-state index contributed by atoms with van der Waals surface area (Å²) in [6.45, 7) is 3.85. The smallest absolute Gasteiger partial charge is 0.191 e. The molecule has 0 spiro atoms. The Labute approximate surface area is 133 Å². The van der Waals surface area contributed by atoms with E-state index in [9.17, 15) is 0 Å². The summed E-state index contributed by atoms with van der Waals surface area (Å²) >= 11 is 0. The maximum absolute atomic E-state index is 4.27. The molecule has 22 heavy (non-hydrogen) atoms. The topological polar surface area (TPSA) is 36.4 Å². The molecule has 2 aromatic carbocycles. The number of aryl methyl sites for hydroxylation is 2. The van der Waals surface area contributed by atoms with Gasteiger partial charge < -0.3 is 10.6 Å². The molecule has 2 aromatic rings. The largest absolute Gasteiger partial charge is 0.356 e. The van der Waals surface area contributed by atoms with E-state index in [-0.39, 0.29) is 0 Å². The van der Waals surface area contributed by atoms with Crippen molar-refractivity contribution in [3.63, 3.8) is 0 Å². The van der Waals surface area contributed by atoms with Crippen LogP contribution in [0.25, 0.3) is 0 Å². The van der Waals surface area contributed by atoms with Crippen LogP contribution in [0.15, 0.2) is 59.6 Å². The zero-order valence-electron chi connectivity index (χ0n) is 13.5. The molecule has 2 rings (SSSR count). The molecule has 0 saturated carbocycles. The minimum Gasteiger partial charge on any atom is -0.356 e. The minimum absolute atomic E-state index is 0.797. The second kappa shape index (κ2) is 8.88. The van der Waals surface area contributed by atoms with E-state index >= 15 is 0 Å². The Bertz CT molecular complexity index is 591. The molecule has 0 unspecified atom stereocenters. The molecular weight excluding hydrogens is 270 g/mol. The Balaban J connectivity index is 1.70. The Hall–Kier alpha value is -2.29. The second-order valence-electron chi connectivity index (χ2n) is 5.37. The van der Waals surface area contributed by atoms with Crippen LogP contribution in [0.5, 0.6) is 0 Å². The Kier molecular flexibility index (Phi) is 6.49. The Morgan fingerprint density at radius 2 is 1.68 bits per heavy atom. The Morgan fingerprint density at radius 3 is 2.41 bits per heavy atom. The van der Waals surface area contributed by atoms with Gasteiger partial charge in [0.15, 0.2) is 5.96 Å². The predicted molar refractivity (Wildman–Crippen MR) is 94.1 cm³/mol. The molecule has 0 aliphatic rings. The lowest BCUT2D eigenvalue weighted by molar-refractivity contribution is 0.741. The monoisotopic (exact) mass is 295 g/mol. The summed E-state index contributed by atoms with van der Waals surface area (Å²) < 4.78 is 0. The lowest BCUT2D eigenvalue weighted by atomic mass is 10.1. The first kappa shape index (κ1) is 16.1. The molecule has 0 fully saturated rings. The van der Waals surface area contributed by atoms with Crippen LogP contribution in [0.3, 0.4) is 0 Å². The molecule has 3 nitrogen and oxygen atoms in total. The van der Waals surface area contributed by atoms with Gasteiger partial charge in [0.2, 0.25) is 0 Å². The first-order valence-corrected chi connectivity index (χ1v) is 7.82. The summed E-state index contributed by atoms with van der Waals surface area (Å²) in [5, 5.41) is 6.73. The SMILES string of the molecule is CN=C(NCCCc1ccccc1)NCc1ccccc1C. The number of nitrogens with zero attached hydrogens (tertiary/aromatic N) is 1. The molecule has 0 saturated heterocycles. The summed E-state index contributed by atoms with van der Waals surface area (Å²) in [5.41, 5.74) is 3.98. The van der Waals surface area contributed by atoms with Gasteiger partial charge in [0, 0.05) is 20.1 Å². The van der Waals surface area contributed by atoms with Crippen molar-refractivity contribution in [1.29, 1.82) is 0 Å². The van der Waals surface area contributed by atoms with E-state index in [0.29, 0.717) is 0 Å². The highest BCUT2D eigenvalue weighted by Crippen LogP contribution is 2.06. The van der Waals surface area contributed by atoms with E-state index in [1.165, 1.54) is 16.7 Å². The first-order valence-electron chi connectivity index (χ1n) is 7.82. The van der Waals surface area contributed by atoms with Gasteiger partial charge in [0.25, 0.3) is 0 Å². The third kappa shape index (κ3) is 5.24. The van der Waals surface area contributed by atoms with Gasteiger partial charge in [-0.3, -0.25) is 4.99 Å². The average molecular weight is 295 g/mol. The van der Waals surface area contributed by atoms with E-state index in [4.69, 9.17) is 0 Å². The third-order valence-corrected chi connectivity index (χ3v) is 3.71. The minimum atomic E-state index is 0.797. The summed E-state index contributed by atoms with van der Waals surface area (Å²) in [6.07, 6.45) is 2.18. The number of aliphatic imine (C=N–C) groups is 1. The fraction of sp³-hybridized carbons (Fsp3) is 0.316. The predicted octanol–water partition coefficient (Wildman–Crippen LogP) is 3.29.